The van der Waals surface area contributed by atoms with Crippen LogP contribution in [0.3, 0.4) is 0 Å². The zero-order chi connectivity index (χ0) is 12.4. The van der Waals surface area contributed by atoms with E-state index in [0.29, 0.717) is 12.0 Å². The van der Waals surface area contributed by atoms with Crippen molar-refractivity contribution in [3.8, 4) is 0 Å². The van der Waals surface area contributed by atoms with Gasteiger partial charge in [-0.2, -0.15) is 0 Å². The standard InChI is InChI=1S/C13H24N2O2/c1-9(2)15-5-4-10(8-15)11-6-12(14-7-11)13(16)17-3/h9-12,14H,4-8H2,1-3H3. The lowest BCUT2D eigenvalue weighted by atomic mass is 9.89. The molecule has 3 unspecified atom stereocenters. The predicted molar refractivity (Wildman–Crippen MR) is 66.7 cm³/mol. The van der Waals surface area contributed by atoms with E-state index < -0.39 is 0 Å². The van der Waals surface area contributed by atoms with Crippen LogP contribution in [0, 0.1) is 11.8 Å². The number of likely N-dealkylation sites (tertiary alicyclic amines) is 1. The van der Waals surface area contributed by atoms with Gasteiger partial charge in [0, 0.05) is 12.6 Å². The van der Waals surface area contributed by atoms with E-state index in [9.17, 15) is 4.79 Å². The summed E-state index contributed by atoms with van der Waals surface area (Å²) in [4.78, 5) is 14.0. The van der Waals surface area contributed by atoms with Crippen LogP contribution in [0.1, 0.15) is 26.7 Å². The van der Waals surface area contributed by atoms with Gasteiger partial charge in [-0.3, -0.25) is 4.79 Å². The van der Waals surface area contributed by atoms with Crippen molar-refractivity contribution in [1.82, 2.24) is 10.2 Å². The summed E-state index contributed by atoms with van der Waals surface area (Å²) >= 11 is 0. The van der Waals surface area contributed by atoms with E-state index in [4.69, 9.17) is 4.74 Å². The molecule has 2 heterocycles. The van der Waals surface area contributed by atoms with Crippen LogP contribution >= 0.6 is 0 Å². The van der Waals surface area contributed by atoms with Crippen LogP contribution in [0.2, 0.25) is 0 Å². The number of nitrogens with zero attached hydrogens (tertiary/aromatic N) is 1. The van der Waals surface area contributed by atoms with E-state index in [0.717, 1.165) is 18.9 Å². The van der Waals surface area contributed by atoms with Crippen LogP contribution < -0.4 is 5.32 Å². The van der Waals surface area contributed by atoms with Crippen molar-refractivity contribution in [1.29, 1.82) is 0 Å². The van der Waals surface area contributed by atoms with Gasteiger partial charge in [0.2, 0.25) is 0 Å². The van der Waals surface area contributed by atoms with Crippen molar-refractivity contribution in [2.75, 3.05) is 26.7 Å². The van der Waals surface area contributed by atoms with Gasteiger partial charge in [0.25, 0.3) is 0 Å². The molecule has 0 aliphatic carbocycles. The van der Waals surface area contributed by atoms with E-state index in [1.165, 1.54) is 26.6 Å². The molecule has 0 aromatic rings. The largest absolute Gasteiger partial charge is 0.468 e. The van der Waals surface area contributed by atoms with Crippen LogP contribution in [-0.2, 0) is 9.53 Å². The van der Waals surface area contributed by atoms with Gasteiger partial charge in [-0.05, 0) is 51.6 Å². The molecule has 1 N–H and O–H groups in total. The molecule has 98 valence electrons. The first-order chi connectivity index (χ1) is 8.11. The molecule has 0 aromatic heterocycles. The molecule has 2 aliphatic rings. The lowest BCUT2D eigenvalue weighted by molar-refractivity contribution is -0.142. The second kappa shape index (κ2) is 5.36. The normalized spacial score (nSPS) is 34.5. The highest BCUT2D eigenvalue weighted by molar-refractivity contribution is 5.76. The molecule has 0 radical (unpaired) electrons. The summed E-state index contributed by atoms with van der Waals surface area (Å²) in [6, 6.07) is 0.573. The molecule has 4 heteroatoms. The van der Waals surface area contributed by atoms with Crippen LogP contribution in [0.4, 0.5) is 0 Å². The zero-order valence-electron chi connectivity index (χ0n) is 11.1. The Morgan fingerprint density at radius 2 is 2.18 bits per heavy atom. The van der Waals surface area contributed by atoms with E-state index in [1.54, 1.807) is 0 Å². The van der Waals surface area contributed by atoms with E-state index in [1.807, 2.05) is 0 Å². The topological polar surface area (TPSA) is 41.6 Å². The Hall–Kier alpha value is -0.610. The van der Waals surface area contributed by atoms with Crippen LogP contribution in [0.25, 0.3) is 0 Å². The SMILES string of the molecule is COC(=O)C1CC(C2CCN(C(C)C)C2)CN1. The number of hydrogen-bond donors (Lipinski definition) is 1. The smallest absolute Gasteiger partial charge is 0.322 e. The Labute approximate surface area is 104 Å². The van der Waals surface area contributed by atoms with Gasteiger partial charge >= 0.3 is 5.97 Å². The van der Waals surface area contributed by atoms with E-state index in [2.05, 4.69) is 24.1 Å². The minimum absolute atomic E-state index is 0.0712. The average molecular weight is 240 g/mol. The zero-order valence-corrected chi connectivity index (χ0v) is 11.1. The van der Waals surface area contributed by atoms with E-state index >= 15 is 0 Å². The Morgan fingerprint density at radius 3 is 2.76 bits per heavy atom. The first-order valence-electron chi connectivity index (χ1n) is 6.67. The molecule has 0 amide bonds. The maximum atomic E-state index is 11.5. The minimum atomic E-state index is -0.105. The fourth-order valence-corrected chi connectivity index (χ4v) is 3.11. The van der Waals surface area contributed by atoms with Gasteiger partial charge < -0.3 is 15.0 Å². The number of esters is 1. The number of rotatable bonds is 3. The molecule has 2 aliphatic heterocycles. The second-order valence-corrected chi connectivity index (χ2v) is 5.62. The monoisotopic (exact) mass is 240 g/mol. The quantitative estimate of drug-likeness (QED) is 0.743. The molecule has 2 fully saturated rings. The highest BCUT2D eigenvalue weighted by atomic mass is 16.5. The Kier molecular flexibility index (Phi) is 4.05. The summed E-state index contributed by atoms with van der Waals surface area (Å²) < 4.78 is 4.79. The average Bonchev–Trinajstić information content (AvgIpc) is 2.95. The predicted octanol–water partition coefficient (Wildman–Crippen LogP) is 0.868. The maximum Gasteiger partial charge on any atom is 0.322 e. The number of nitrogens with one attached hydrogen (secondary N) is 1. The van der Waals surface area contributed by atoms with E-state index in [-0.39, 0.29) is 12.0 Å². The van der Waals surface area contributed by atoms with Crippen LogP contribution in [0.5, 0.6) is 0 Å². The molecular formula is C13H24N2O2. The lowest BCUT2D eigenvalue weighted by Crippen LogP contribution is -2.31. The van der Waals surface area contributed by atoms with Gasteiger partial charge in [-0.25, -0.2) is 0 Å². The molecule has 2 rings (SSSR count). The van der Waals surface area contributed by atoms with Crippen LogP contribution in [-0.4, -0.2) is 49.7 Å². The maximum absolute atomic E-state index is 11.5. The Bertz CT molecular complexity index is 281. The van der Waals surface area contributed by atoms with Gasteiger partial charge in [0.05, 0.1) is 7.11 Å². The first-order valence-corrected chi connectivity index (χ1v) is 6.67. The highest BCUT2D eigenvalue weighted by Crippen LogP contribution is 2.31. The number of hydrogen-bond acceptors (Lipinski definition) is 4. The third-order valence-corrected chi connectivity index (χ3v) is 4.30. The molecular weight excluding hydrogens is 216 g/mol. The van der Waals surface area contributed by atoms with Crippen molar-refractivity contribution in [2.45, 2.75) is 38.8 Å². The molecule has 4 nitrogen and oxygen atoms in total. The summed E-state index contributed by atoms with van der Waals surface area (Å²) in [5, 5.41) is 3.29. The highest BCUT2D eigenvalue weighted by Gasteiger charge is 2.37. The van der Waals surface area contributed by atoms with Gasteiger partial charge in [0.1, 0.15) is 6.04 Å². The summed E-state index contributed by atoms with van der Waals surface area (Å²) in [6.07, 6.45) is 2.22. The number of carbonyl (C=O) groups excluding carboxylic acids is 1. The fraction of sp³-hybridized carbons (Fsp3) is 0.923. The van der Waals surface area contributed by atoms with Crippen molar-refractivity contribution in [2.24, 2.45) is 11.8 Å². The molecule has 3 atom stereocenters. The third-order valence-electron chi connectivity index (χ3n) is 4.30. The fourth-order valence-electron chi connectivity index (χ4n) is 3.11. The molecule has 0 saturated carbocycles. The Morgan fingerprint density at radius 1 is 1.41 bits per heavy atom. The molecule has 0 bridgehead atoms. The number of carbonyl (C=O) groups is 1. The summed E-state index contributed by atoms with van der Waals surface area (Å²) in [6.45, 7) is 7.88. The van der Waals surface area contributed by atoms with Crippen molar-refractivity contribution >= 4 is 5.97 Å². The minimum Gasteiger partial charge on any atom is -0.468 e. The summed E-state index contributed by atoms with van der Waals surface area (Å²) in [5.74, 6) is 1.29. The van der Waals surface area contributed by atoms with Gasteiger partial charge in [0.15, 0.2) is 0 Å². The number of ether oxygens (including phenoxy) is 1. The third kappa shape index (κ3) is 2.80. The molecule has 0 aromatic carbocycles. The number of methoxy groups -OCH3 is 1. The van der Waals surface area contributed by atoms with Gasteiger partial charge in [-0.15, -0.1) is 0 Å². The molecule has 0 spiro atoms. The molecule has 17 heavy (non-hydrogen) atoms. The van der Waals surface area contributed by atoms with Crippen molar-refractivity contribution in [3.63, 3.8) is 0 Å². The summed E-state index contributed by atoms with van der Waals surface area (Å²) in [7, 11) is 1.47. The molecule has 2 saturated heterocycles. The first kappa shape index (κ1) is 12.8. The second-order valence-electron chi connectivity index (χ2n) is 5.62. The Balaban J connectivity index is 1.83. The van der Waals surface area contributed by atoms with Gasteiger partial charge in [-0.1, -0.05) is 0 Å². The lowest BCUT2D eigenvalue weighted by Gasteiger charge is -2.22. The summed E-state index contributed by atoms with van der Waals surface area (Å²) in [5.41, 5.74) is 0. The van der Waals surface area contributed by atoms with Crippen LogP contribution in [0.15, 0.2) is 0 Å². The van der Waals surface area contributed by atoms with Crippen molar-refractivity contribution in [3.05, 3.63) is 0 Å². The van der Waals surface area contributed by atoms with Crippen molar-refractivity contribution < 1.29 is 9.53 Å².